The smallest absolute Gasteiger partial charge is 0.274 e. The van der Waals surface area contributed by atoms with E-state index in [4.69, 9.17) is 0 Å². The summed E-state index contributed by atoms with van der Waals surface area (Å²) in [4.78, 5) is 21.1. The van der Waals surface area contributed by atoms with E-state index in [1.807, 2.05) is 48.7 Å². The molecular weight excluding hydrogens is 326 g/mol. The van der Waals surface area contributed by atoms with Crippen molar-refractivity contribution in [2.75, 3.05) is 0 Å². The van der Waals surface area contributed by atoms with Gasteiger partial charge in [-0.1, -0.05) is 36.4 Å². The standard InChI is InChI=1S/C17H15N3O3S/c1-10(11-6-3-2-4-7-11)18-16(22)13-14(21)17(23)20-15(19-13)12-8-5-9-24-12/h2-10,21H,1H3,(H,18,22)(H,19,20,23). The summed E-state index contributed by atoms with van der Waals surface area (Å²) in [5, 5.41) is 24.3. The van der Waals surface area contributed by atoms with E-state index in [0.29, 0.717) is 4.88 Å². The number of hydrogen-bond acceptors (Lipinski definition) is 6. The molecule has 0 fully saturated rings. The molecule has 1 unspecified atom stereocenters. The van der Waals surface area contributed by atoms with Gasteiger partial charge in [-0.3, -0.25) is 4.79 Å². The van der Waals surface area contributed by atoms with Crippen molar-refractivity contribution in [3.63, 3.8) is 0 Å². The Hall–Kier alpha value is -2.93. The van der Waals surface area contributed by atoms with Gasteiger partial charge in [-0.2, -0.15) is 4.98 Å². The minimum Gasteiger partial charge on any atom is -0.501 e. The van der Waals surface area contributed by atoms with Gasteiger partial charge in [-0.25, -0.2) is 4.98 Å². The molecule has 1 aromatic carbocycles. The van der Waals surface area contributed by atoms with Crippen molar-refractivity contribution < 1.29 is 15.0 Å². The van der Waals surface area contributed by atoms with Gasteiger partial charge in [0.2, 0.25) is 5.75 Å². The average Bonchev–Trinajstić information content (AvgIpc) is 3.12. The molecule has 3 N–H and O–H groups in total. The van der Waals surface area contributed by atoms with Gasteiger partial charge >= 0.3 is 0 Å². The Balaban J connectivity index is 1.89. The maximum absolute atomic E-state index is 12.5. The molecule has 0 aliphatic rings. The second kappa shape index (κ2) is 6.67. The van der Waals surface area contributed by atoms with Crippen molar-refractivity contribution in [2.24, 2.45) is 0 Å². The van der Waals surface area contributed by atoms with E-state index in [1.54, 1.807) is 6.07 Å². The Kier molecular flexibility index (Phi) is 4.43. The van der Waals surface area contributed by atoms with Gasteiger partial charge in [-0.05, 0) is 23.9 Å². The molecule has 0 bridgehead atoms. The maximum Gasteiger partial charge on any atom is 0.274 e. The van der Waals surface area contributed by atoms with E-state index >= 15 is 0 Å². The fourth-order valence-corrected chi connectivity index (χ4v) is 2.86. The molecule has 0 aliphatic carbocycles. The molecule has 2 aromatic heterocycles. The number of thiophene rings is 1. The summed E-state index contributed by atoms with van der Waals surface area (Å²) in [6.07, 6.45) is 0. The summed E-state index contributed by atoms with van der Waals surface area (Å²) in [5.41, 5.74) is 0.663. The lowest BCUT2D eigenvalue weighted by atomic mass is 10.1. The Morgan fingerprint density at radius 1 is 1.12 bits per heavy atom. The van der Waals surface area contributed by atoms with Crippen LogP contribution in [0.25, 0.3) is 10.7 Å². The highest BCUT2D eigenvalue weighted by molar-refractivity contribution is 7.13. The molecule has 1 atom stereocenters. The van der Waals surface area contributed by atoms with Crippen LogP contribution in [-0.4, -0.2) is 26.1 Å². The van der Waals surface area contributed by atoms with Gasteiger partial charge in [0, 0.05) is 0 Å². The lowest BCUT2D eigenvalue weighted by Crippen LogP contribution is -2.27. The third-order valence-electron chi connectivity index (χ3n) is 3.47. The van der Waals surface area contributed by atoms with Crippen molar-refractivity contribution in [1.82, 2.24) is 15.3 Å². The average molecular weight is 341 g/mol. The summed E-state index contributed by atoms with van der Waals surface area (Å²) < 4.78 is 0. The van der Waals surface area contributed by atoms with Crippen LogP contribution in [0.4, 0.5) is 0 Å². The Labute approximate surface area is 142 Å². The van der Waals surface area contributed by atoms with Crippen molar-refractivity contribution >= 4 is 17.2 Å². The largest absolute Gasteiger partial charge is 0.501 e. The predicted octanol–water partition coefficient (Wildman–Crippen LogP) is 3.11. The van der Waals surface area contributed by atoms with Crippen molar-refractivity contribution in [3.8, 4) is 22.3 Å². The monoisotopic (exact) mass is 341 g/mol. The first-order chi connectivity index (χ1) is 11.6. The third kappa shape index (κ3) is 3.21. The molecule has 1 amide bonds. The van der Waals surface area contributed by atoms with Gasteiger partial charge in [0.15, 0.2) is 11.5 Å². The van der Waals surface area contributed by atoms with Crippen LogP contribution in [0.15, 0.2) is 47.8 Å². The van der Waals surface area contributed by atoms with Crippen LogP contribution < -0.4 is 5.32 Å². The van der Waals surface area contributed by atoms with Gasteiger partial charge in [0.1, 0.15) is 0 Å². The molecule has 0 saturated heterocycles. The summed E-state index contributed by atoms with van der Waals surface area (Å²) >= 11 is 1.37. The molecule has 7 heteroatoms. The van der Waals surface area contributed by atoms with Crippen LogP contribution in [0, 0.1) is 0 Å². The molecule has 2 heterocycles. The number of benzene rings is 1. The number of hydrogen-bond donors (Lipinski definition) is 3. The molecule has 0 radical (unpaired) electrons. The van der Waals surface area contributed by atoms with Crippen molar-refractivity contribution in [2.45, 2.75) is 13.0 Å². The Bertz CT molecular complexity index is 851. The van der Waals surface area contributed by atoms with E-state index in [-0.39, 0.29) is 17.6 Å². The molecule has 0 saturated carbocycles. The highest BCUT2D eigenvalue weighted by Gasteiger charge is 2.22. The first-order valence-electron chi connectivity index (χ1n) is 7.26. The first-order valence-corrected chi connectivity index (χ1v) is 8.14. The SMILES string of the molecule is CC(NC(=O)c1nc(-c2cccs2)nc(O)c1O)c1ccccc1. The van der Waals surface area contributed by atoms with Gasteiger partial charge < -0.3 is 15.5 Å². The van der Waals surface area contributed by atoms with Crippen molar-refractivity contribution in [3.05, 3.63) is 59.1 Å². The summed E-state index contributed by atoms with van der Waals surface area (Å²) in [7, 11) is 0. The molecule has 3 aromatic rings. The number of carbonyl (C=O) groups excluding carboxylic acids is 1. The summed E-state index contributed by atoms with van der Waals surface area (Å²) in [6.45, 7) is 1.82. The van der Waals surface area contributed by atoms with Gasteiger partial charge in [0.25, 0.3) is 11.8 Å². The number of carbonyl (C=O) groups is 1. The predicted molar refractivity (Wildman–Crippen MR) is 91.0 cm³/mol. The zero-order chi connectivity index (χ0) is 17.1. The number of aromatic nitrogens is 2. The van der Waals surface area contributed by atoms with Crippen LogP contribution >= 0.6 is 11.3 Å². The molecule has 3 rings (SSSR count). The maximum atomic E-state index is 12.5. The van der Waals surface area contributed by atoms with E-state index in [9.17, 15) is 15.0 Å². The van der Waals surface area contributed by atoms with E-state index in [0.717, 1.165) is 5.56 Å². The molecule has 6 nitrogen and oxygen atoms in total. The van der Waals surface area contributed by atoms with Crippen LogP contribution in [0.5, 0.6) is 11.6 Å². The molecule has 0 spiro atoms. The minimum absolute atomic E-state index is 0.192. The molecule has 24 heavy (non-hydrogen) atoms. The zero-order valence-electron chi connectivity index (χ0n) is 12.8. The minimum atomic E-state index is -0.631. The normalized spacial score (nSPS) is 11.9. The summed E-state index contributed by atoms with van der Waals surface area (Å²) in [6, 6.07) is 12.7. The quantitative estimate of drug-likeness (QED) is 0.678. The van der Waals surface area contributed by atoms with Crippen LogP contribution in [0.2, 0.25) is 0 Å². The van der Waals surface area contributed by atoms with Crippen LogP contribution in [0.3, 0.4) is 0 Å². The van der Waals surface area contributed by atoms with E-state index in [1.165, 1.54) is 11.3 Å². The fraction of sp³-hybridized carbons (Fsp3) is 0.118. The second-order valence-electron chi connectivity index (χ2n) is 5.15. The third-order valence-corrected chi connectivity index (χ3v) is 4.34. The van der Waals surface area contributed by atoms with E-state index in [2.05, 4.69) is 15.3 Å². The summed E-state index contributed by atoms with van der Waals surface area (Å²) in [5.74, 6) is -1.64. The lowest BCUT2D eigenvalue weighted by molar-refractivity contribution is 0.0930. The topological polar surface area (TPSA) is 95.3 Å². The number of nitrogens with zero attached hydrogens (tertiary/aromatic N) is 2. The van der Waals surface area contributed by atoms with Gasteiger partial charge in [-0.15, -0.1) is 11.3 Å². The van der Waals surface area contributed by atoms with E-state index < -0.39 is 17.5 Å². The first kappa shape index (κ1) is 15.9. The zero-order valence-corrected chi connectivity index (χ0v) is 13.6. The molecular formula is C17H15N3O3S. The Morgan fingerprint density at radius 2 is 1.88 bits per heavy atom. The Morgan fingerprint density at radius 3 is 2.54 bits per heavy atom. The molecule has 0 aliphatic heterocycles. The lowest BCUT2D eigenvalue weighted by Gasteiger charge is -2.14. The number of aromatic hydroxyl groups is 2. The highest BCUT2D eigenvalue weighted by Crippen LogP contribution is 2.30. The fourth-order valence-electron chi connectivity index (χ4n) is 2.21. The highest BCUT2D eigenvalue weighted by atomic mass is 32.1. The molecule has 122 valence electrons. The van der Waals surface area contributed by atoms with Crippen LogP contribution in [-0.2, 0) is 0 Å². The number of amides is 1. The van der Waals surface area contributed by atoms with Gasteiger partial charge in [0.05, 0.1) is 10.9 Å². The van der Waals surface area contributed by atoms with Crippen molar-refractivity contribution in [1.29, 1.82) is 0 Å². The van der Waals surface area contributed by atoms with Crippen LogP contribution in [0.1, 0.15) is 29.0 Å². The number of nitrogens with one attached hydrogen (secondary N) is 1. The second-order valence-corrected chi connectivity index (χ2v) is 6.10. The number of rotatable bonds is 4.